The molecule has 0 aromatic rings. The first kappa shape index (κ1) is 96.1. The maximum absolute atomic E-state index is 13.1. The van der Waals surface area contributed by atoms with Crippen LogP contribution in [0.5, 0.6) is 0 Å². The Kier molecular flexibility index (Phi) is 68.1. The summed E-state index contributed by atoms with van der Waals surface area (Å²) in [5.41, 5.74) is 0. The minimum absolute atomic E-state index is 0.104. The highest BCUT2D eigenvalue weighted by Crippen LogP contribution is 2.45. The van der Waals surface area contributed by atoms with Gasteiger partial charge in [-0.3, -0.25) is 37.3 Å². The molecule has 0 bridgehead atoms. The monoisotopic (exact) mass is 1440 g/mol. The van der Waals surface area contributed by atoms with E-state index in [0.29, 0.717) is 25.7 Å². The fourth-order valence-corrected chi connectivity index (χ4v) is 13.7. The molecule has 19 heteroatoms. The van der Waals surface area contributed by atoms with Gasteiger partial charge in [-0.25, -0.2) is 9.13 Å². The van der Waals surface area contributed by atoms with E-state index in [2.05, 4.69) is 48.5 Å². The molecule has 0 radical (unpaired) electrons. The zero-order chi connectivity index (χ0) is 72.3. The van der Waals surface area contributed by atoms with Gasteiger partial charge in [0.05, 0.1) is 26.4 Å². The van der Waals surface area contributed by atoms with E-state index in [1.54, 1.807) is 0 Å². The van der Waals surface area contributed by atoms with Crippen molar-refractivity contribution < 1.29 is 80.2 Å². The van der Waals surface area contributed by atoms with Gasteiger partial charge in [-0.05, 0) is 43.4 Å². The number of ether oxygens (including phenoxy) is 4. The number of aliphatic hydroxyl groups is 1. The quantitative estimate of drug-likeness (QED) is 0.0222. The number of carbonyl (C=O) groups is 4. The summed E-state index contributed by atoms with van der Waals surface area (Å²) < 4.78 is 68.6. The lowest BCUT2D eigenvalue weighted by Gasteiger charge is -2.21. The number of esters is 4. The van der Waals surface area contributed by atoms with E-state index in [-0.39, 0.29) is 25.7 Å². The lowest BCUT2D eigenvalue weighted by atomic mass is 9.99. The first-order valence-electron chi connectivity index (χ1n) is 40.9. The topological polar surface area (TPSA) is 237 Å². The van der Waals surface area contributed by atoms with E-state index in [4.69, 9.17) is 37.0 Å². The van der Waals surface area contributed by atoms with Gasteiger partial charge in [0.1, 0.15) is 19.3 Å². The molecule has 0 saturated heterocycles. The highest BCUT2D eigenvalue weighted by molar-refractivity contribution is 7.47. The van der Waals surface area contributed by atoms with Crippen LogP contribution >= 0.6 is 15.6 Å². The molecule has 17 nitrogen and oxygen atoms in total. The fraction of sp³-hybridized carbons (Fsp3) is 0.949. The van der Waals surface area contributed by atoms with Crippen molar-refractivity contribution in [2.45, 2.75) is 426 Å². The Balaban J connectivity index is 5.24. The lowest BCUT2D eigenvalue weighted by Crippen LogP contribution is -2.30. The number of phosphoric ester groups is 2. The maximum Gasteiger partial charge on any atom is 0.472 e. The van der Waals surface area contributed by atoms with Crippen LogP contribution in [0.25, 0.3) is 0 Å². The van der Waals surface area contributed by atoms with Crippen molar-refractivity contribution >= 4 is 39.5 Å². The summed E-state index contributed by atoms with van der Waals surface area (Å²) in [7, 11) is -9.92. The van der Waals surface area contributed by atoms with Gasteiger partial charge < -0.3 is 33.8 Å². The van der Waals surface area contributed by atoms with Crippen molar-refractivity contribution in [2.75, 3.05) is 39.6 Å². The van der Waals surface area contributed by atoms with Crippen LogP contribution in [-0.2, 0) is 65.4 Å². The summed E-state index contributed by atoms with van der Waals surface area (Å²) in [6.07, 6.45) is 56.9. The van der Waals surface area contributed by atoms with Gasteiger partial charge in [-0.1, -0.05) is 357 Å². The number of hydrogen-bond donors (Lipinski definition) is 3. The molecule has 0 amide bonds. The predicted molar refractivity (Wildman–Crippen MR) is 400 cm³/mol. The Morgan fingerprint density at radius 1 is 0.296 bits per heavy atom. The molecule has 3 N–H and O–H groups in total. The second kappa shape index (κ2) is 69.4. The number of phosphoric acid groups is 2. The Labute approximate surface area is 600 Å². The zero-order valence-electron chi connectivity index (χ0n) is 64.3. The Bertz CT molecular complexity index is 1910. The third-order valence-electron chi connectivity index (χ3n) is 18.7. The average Bonchev–Trinajstić information content (AvgIpc) is 1.11. The fourth-order valence-electron chi connectivity index (χ4n) is 12.1. The Morgan fingerprint density at radius 2 is 0.520 bits per heavy atom. The summed E-state index contributed by atoms with van der Waals surface area (Å²) in [6, 6.07) is 0. The molecule has 0 rings (SSSR count). The van der Waals surface area contributed by atoms with Gasteiger partial charge >= 0.3 is 39.5 Å². The second-order valence-corrected chi connectivity index (χ2v) is 32.6. The van der Waals surface area contributed by atoms with Crippen molar-refractivity contribution in [3.63, 3.8) is 0 Å². The molecule has 0 aliphatic carbocycles. The summed E-state index contributed by atoms with van der Waals surface area (Å²) in [6.45, 7) is 11.9. The molecule has 0 aliphatic heterocycles. The SMILES string of the molecule is CCCCCCCCCCCCCCCCCCCCCCC(=O)O[C@H](COC(=O)CCCCCCCCCCCCCCC(C)C)COP(=O)(O)OC[C@@H](O)COP(=O)(O)OC[C@@H](COC(=O)CCCCCCCCCCC(C)C)OC(=O)CCCCCCCCCCC(C)CC. The standard InChI is InChI=1S/C79H154O17P2/c1-8-10-11-12-13-14-15-16-17-18-19-20-21-22-23-28-31-41-48-55-62-78(83)95-74(66-89-76(81)60-53-46-39-30-27-25-24-26-29-36-43-50-57-70(3)4)68-93-97(85,86)91-64-73(80)65-92-98(87,88)94-69-75(67-90-77(82)61-54-47-40-34-32-37-44-51-58-71(5)6)96-79(84)63-56-49-42-35-33-38-45-52-59-72(7)9-2/h70-75,80H,8-69H2,1-7H3,(H,85,86)(H,87,88)/t72?,73-,74-,75-/m1/s1. The van der Waals surface area contributed by atoms with Crippen molar-refractivity contribution in [3.05, 3.63) is 0 Å². The van der Waals surface area contributed by atoms with Crippen molar-refractivity contribution in [1.82, 2.24) is 0 Å². The van der Waals surface area contributed by atoms with Gasteiger partial charge in [0.2, 0.25) is 0 Å². The Hall–Kier alpha value is -1.94. The molecule has 0 saturated carbocycles. The number of carbonyl (C=O) groups excluding carboxylic acids is 4. The summed E-state index contributed by atoms with van der Waals surface area (Å²) >= 11 is 0. The molecule has 0 aromatic heterocycles. The molecule has 0 spiro atoms. The van der Waals surface area contributed by atoms with E-state index in [1.807, 2.05) is 0 Å². The molecule has 98 heavy (non-hydrogen) atoms. The molecular formula is C79H154O17P2. The average molecular weight is 1440 g/mol. The van der Waals surface area contributed by atoms with Gasteiger partial charge in [-0.15, -0.1) is 0 Å². The van der Waals surface area contributed by atoms with Gasteiger partial charge in [0.25, 0.3) is 0 Å². The number of aliphatic hydroxyl groups excluding tert-OH is 1. The molecule has 0 aliphatic rings. The molecular weight excluding hydrogens is 1280 g/mol. The zero-order valence-corrected chi connectivity index (χ0v) is 66.0. The maximum atomic E-state index is 13.1. The third kappa shape index (κ3) is 71.1. The minimum atomic E-state index is -4.96. The van der Waals surface area contributed by atoms with Crippen LogP contribution in [0.2, 0.25) is 0 Å². The largest absolute Gasteiger partial charge is 0.472 e. The van der Waals surface area contributed by atoms with E-state index in [0.717, 1.165) is 108 Å². The van der Waals surface area contributed by atoms with E-state index < -0.39 is 97.5 Å². The molecule has 3 unspecified atom stereocenters. The summed E-state index contributed by atoms with van der Waals surface area (Å²) in [5.74, 6) is 0.161. The van der Waals surface area contributed by atoms with Crippen molar-refractivity contribution in [3.8, 4) is 0 Å². The smallest absolute Gasteiger partial charge is 0.462 e. The highest BCUT2D eigenvalue weighted by Gasteiger charge is 2.30. The number of unbranched alkanes of at least 4 members (excludes halogenated alkanes) is 44. The molecule has 0 heterocycles. The van der Waals surface area contributed by atoms with Gasteiger partial charge in [0.15, 0.2) is 12.2 Å². The van der Waals surface area contributed by atoms with E-state index >= 15 is 0 Å². The second-order valence-electron chi connectivity index (χ2n) is 29.6. The van der Waals surface area contributed by atoms with Crippen LogP contribution in [0.15, 0.2) is 0 Å². The van der Waals surface area contributed by atoms with Crippen LogP contribution < -0.4 is 0 Å². The normalized spacial score (nSPS) is 14.3. The van der Waals surface area contributed by atoms with E-state index in [1.165, 1.54) is 218 Å². The minimum Gasteiger partial charge on any atom is -0.462 e. The number of rotatable bonds is 77. The molecule has 0 aromatic carbocycles. The van der Waals surface area contributed by atoms with E-state index in [9.17, 15) is 43.2 Å². The van der Waals surface area contributed by atoms with Gasteiger partial charge in [0, 0.05) is 25.7 Å². The first-order chi connectivity index (χ1) is 47.3. The third-order valence-corrected chi connectivity index (χ3v) is 20.6. The van der Waals surface area contributed by atoms with Crippen LogP contribution in [0.4, 0.5) is 0 Å². The van der Waals surface area contributed by atoms with Crippen LogP contribution in [0.3, 0.4) is 0 Å². The van der Waals surface area contributed by atoms with Crippen LogP contribution in [0.1, 0.15) is 408 Å². The molecule has 0 fully saturated rings. The first-order valence-corrected chi connectivity index (χ1v) is 43.9. The lowest BCUT2D eigenvalue weighted by molar-refractivity contribution is -0.161. The van der Waals surface area contributed by atoms with Crippen molar-refractivity contribution in [2.24, 2.45) is 17.8 Å². The summed E-state index contributed by atoms with van der Waals surface area (Å²) in [4.78, 5) is 72.9. The Morgan fingerprint density at radius 3 is 0.776 bits per heavy atom. The van der Waals surface area contributed by atoms with Crippen molar-refractivity contribution in [1.29, 1.82) is 0 Å². The predicted octanol–water partition coefficient (Wildman–Crippen LogP) is 23.4. The molecule has 582 valence electrons. The van der Waals surface area contributed by atoms with Crippen LogP contribution in [0, 0.1) is 17.8 Å². The summed E-state index contributed by atoms with van der Waals surface area (Å²) in [5, 5.41) is 10.6. The van der Waals surface area contributed by atoms with Gasteiger partial charge in [-0.2, -0.15) is 0 Å². The number of hydrogen-bond acceptors (Lipinski definition) is 15. The highest BCUT2D eigenvalue weighted by atomic mass is 31.2. The van der Waals surface area contributed by atoms with Crippen LogP contribution in [-0.4, -0.2) is 96.7 Å². The molecule has 6 atom stereocenters.